The number of esters is 1. The molecule has 0 unspecified atom stereocenters. The molecule has 0 saturated heterocycles. The fraction of sp³-hybridized carbons (Fsp3) is 0.222. The molecule has 0 saturated carbocycles. The second-order valence-electron chi connectivity index (χ2n) is 5.17. The van der Waals surface area contributed by atoms with Crippen LogP contribution in [0.3, 0.4) is 0 Å². The SMILES string of the molecule is COC(=O)c1ccc(CNC(=O)NCCc2ccc(F)cc2)cc1. The summed E-state index contributed by atoms with van der Waals surface area (Å²) in [5, 5.41) is 5.47. The number of ether oxygens (including phenoxy) is 1. The van der Waals surface area contributed by atoms with E-state index in [0.29, 0.717) is 25.1 Å². The summed E-state index contributed by atoms with van der Waals surface area (Å²) in [4.78, 5) is 23.0. The number of urea groups is 1. The Bertz CT molecular complexity index is 684. The minimum absolute atomic E-state index is 0.275. The Kier molecular flexibility index (Phi) is 6.31. The van der Waals surface area contributed by atoms with Crippen LogP contribution in [0.1, 0.15) is 21.5 Å². The lowest BCUT2D eigenvalue weighted by molar-refractivity contribution is 0.0600. The number of benzene rings is 2. The highest BCUT2D eigenvalue weighted by Gasteiger charge is 2.05. The van der Waals surface area contributed by atoms with E-state index in [-0.39, 0.29) is 11.8 Å². The van der Waals surface area contributed by atoms with Crippen LogP contribution in [0.25, 0.3) is 0 Å². The number of hydrogen-bond acceptors (Lipinski definition) is 3. The summed E-state index contributed by atoms with van der Waals surface area (Å²) in [5.41, 5.74) is 2.29. The zero-order chi connectivity index (χ0) is 17.4. The van der Waals surface area contributed by atoms with Gasteiger partial charge in [0.2, 0.25) is 0 Å². The van der Waals surface area contributed by atoms with Gasteiger partial charge >= 0.3 is 12.0 Å². The van der Waals surface area contributed by atoms with Crippen molar-refractivity contribution < 1.29 is 18.7 Å². The molecule has 2 amide bonds. The molecule has 0 fully saturated rings. The largest absolute Gasteiger partial charge is 0.465 e. The predicted molar refractivity (Wildman–Crippen MR) is 88.1 cm³/mol. The minimum atomic E-state index is -0.395. The second-order valence-corrected chi connectivity index (χ2v) is 5.17. The third-order valence-corrected chi connectivity index (χ3v) is 3.44. The average Bonchev–Trinajstić information content (AvgIpc) is 2.61. The molecule has 24 heavy (non-hydrogen) atoms. The molecule has 126 valence electrons. The molecule has 0 aromatic heterocycles. The first-order chi connectivity index (χ1) is 11.6. The molecule has 0 aliphatic carbocycles. The third-order valence-electron chi connectivity index (χ3n) is 3.44. The van der Waals surface area contributed by atoms with Crippen molar-refractivity contribution in [1.82, 2.24) is 10.6 Å². The van der Waals surface area contributed by atoms with E-state index >= 15 is 0 Å². The van der Waals surface area contributed by atoms with Gasteiger partial charge in [0, 0.05) is 13.1 Å². The highest BCUT2D eigenvalue weighted by molar-refractivity contribution is 5.89. The van der Waals surface area contributed by atoms with Crippen LogP contribution in [-0.4, -0.2) is 25.7 Å². The molecular formula is C18H19FN2O3. The first-order valence-electron chi connectivity index (χ1n) is 7.52. The number of methoxy groups -OCH3 is 1. The van der Waals surface area contributed by atoms with Crippen molar-refractivity contribution in [2.24, 2.45) is 0 Å². The summed E-state index contributed by atoms with van der Waals surface area (Å²) in [6.45, 7) is 0.808. The number of amides is 2. The predicted octanol–water partition coefficient (Wildman–Crippen LogP) is 2.65. The molecule has 0 aliphatic rings. The van der Waals surface area contributed by atoms with Crippen LogP contribution in [0.5, 0.6) is 0 Å². The van der Waals surface area contributed by atoms with Crippen molar-refractivity contribution in [2.45, 2.75) is 13.0 Å². The van der Waals surface area contributed by atoms with Crippen LogP contribution < -0.4 is 10.6 Å². The van der Waals surface area contributed by atoms with E-state index in [1.807, 2.05) is 0 Å². The number of carbonyl (C=O) groups is 2. The second kappa shape index (κ2) is 8.67. The monoisotopic (exact) mass is 330 g/mol. The topological polar surface area (TPSA) is 67.4 Å². The normalized spacial score (nSPS) is 10.1. The van der Waals surface area contributed by atoms with E-state index in [1.54, 1.807) is 36.4 Å². The minimum Gasteiger partial charge on any atom is -0.465 e. The smallest absolute Gasteiger partial charge is 0.337 e. The van der Waals surface area contributed by atoms with Crippen molar-refractivity contribution >= 4 is 12.0 Å². The van der Waals surface area contributed by atoms with Crippen LogP contribution in [-0.2, 0) is 17.7 Å². The quantitative estimate of drug-likeness (QED) is 0.800. The summed E-state index contributed by atoms with van der Waals surface area (Å²) < 4.78 is 17.4. The van der Waals surface area contributed by atoms with E-state index in [9.17, 15) is 14.0 Å². The van der Waals surface area contributed by atoms with Gasteiger partial charge in [-0.15, -0.1) is 0 Å². The highest BCUT2D eigenvalue weighted by atomic mass is 19.1. The van der Waals surface area contributed by atoms with Gasteiger partial charge in [-0.05, 0) is 41.8 Å². The highest BCUT2D eigenvalue weighted by Crippen LogP contribution is 2.05. The average molecular weight is 330 g/mol. The van der Waals surface area contributed by atoms with Gasteiger partial charge in [0.05, 0.1) is 12.7 Å². The van der Waals surface area contributed by atoms with Gasteiger partial charge in [-0.2, -0.15) is 0 Å². The number of hydrogen-bond donors (Lipinski definition) is 2. The fourth-order valence-corrected chi connectivity index (χ4v) is 2.09. The molecule has 0 radical (unpaired) electrons. The molecule has 0 spiro atoms. The van der Waals surface area contributed by atoms with Crippen molar-refractivity contribution in [3.63, 3.8) is 0 Å². The summed E-state index contributed by atoms with van der Waals surface area (Å²) in [6.07, 6.45) is 0.627. The maximum absolute atomic E-state index is 12.8. The van der Waals surface area contributed by atoms with Crippen molar-refractivity contribution in [1.29, 1.82) is 0 Å². The van der Waals surface area contributed by atoms with Gasteiger partial charge in [0.1, 0.15) is 5.82 Å². The first kappa shape index (κ1) is 17.5. The number of nitrogens with one attached hydrogen (secondary N) is 2. The third kappa shape index (κ3) is 5.39. The van der Waals surface area contributed by atoms with Crippen molar-refractivity contribution in [2.75, 3.05) is 13.7 Å². The van der Waals surface area contributed by atoms with Crippen LogP contribution >= 0.6 is 0 Å². The molecule has 2 aromatic carbocycles. The molecule has 2 rings (SSSR count). The Morgan fingerprint density at radius 2 is 1.58 bits per heavy atom. The van der Waals surface area contributed by atoms with E-state index in [1.165, 1.54) is 19.2 Å². The summed E-state index contributed by atoms with van der Waals surface area (Å²) in [7, 11) is 1.33. The maximum atomic E-state index is 12.8. The maximum Gasteiger partial charge on any atom is 0.337 e. The van der Waals surface area contributed by atoms with E-state index in [0.717, 1.165) is 11.1 Å². The molecule has 6 heteroatoms. The Balaban J connectivity index is 1.71. The Hall–Kier alpha value is -2.89. The van der Waals surface area contributed by atoms with Gasteiger partial charge in [-0.3, -0.25) is 0 Å². The van der Waals surface area contributed by atoms with Gasteiger partial charge < -0.3 is 15.4 Å². The number of halogens is 1. The molecule has 0 heterocycles. The van der Waals surface area contributed by atoms with Gasteiger partial charge in [-0.1, -0.05) is 24.3 Å². The van der Waals surface area contributed by atoms with Gasteiger partial charge in [-0.25, -0.2) is 14.0 Å². The van der Waals surface area contributed by atoms with Crippen LogP contribution in [0, 0.1) is 5.82 Å². The zero-order valence-electron chi connectivity index (χ0n) is 13.3. The lowest BCUT2D eigenvalue weighted by Crippen LogP contribution is -2.36. The number of carbonyl (C=O) groups excluding carboxylic acids is 2. The van der Waals surface area contributed by atoms with Crippen LogP contribution in [0.15, 0.2) is 48.5 Å². The molecule has 2 N–H and O–H groups in total. The lowest BCUT2D eigenvalue weighted by Gasteiger charge is -2.08. The molecule has 2 aromatic rings. The summed E-state index contributed by atoms with van der Waals surface area (Å²) in [5.74, 6) is -0.671. The molecular weight excluding hydrogens is 311 g/mol. The van der Waals surface area contributed by atoms with Crippen molar-refractivity contribution in [3.05, 3.63) is 71.0 Å². The van der Waals surface area contributed by atoms with E-state index < -0.39 is 5.97 Å². The van der Waals surface area contributed by atoms with Crippen LogP contribution in [0.2, 0.25) is 0 Å². The van der Waals surface area contributed by atoms with Gasteiger partial charge in [0.25, 0.3) is 0 Å². The lowest BCUT2D eigenvalue weighted by atomic mass is 10.1. The standard InChI is InChI=1S/C18H19FN2O3/c1-24-17(22)15-6-2-14(3-7-15)12-21-18(23)20-11-10-13-4-8-16(19)9-5-13/h2-9H,10-12H2,1H3,(H2,20,21,23). The van der Waals surface area contributed by atoms with E-state index in [2.05, 4.69) is 15.4 Å². The van der Waals surface area contributed by atoms with E-state index in [4.69, 9.17) is 0 Å². The molecule has 5 nitrogen and oxygen atoms in total. The number of rotatable bonds is 6. The molecule has 0 aliphatic heterocycles. The summed E-state index contributed by atoms with van der Waals surface area (Å²) in [6, 6.07) is 12.7. The van der Waals surface area contributed by atoms with Crippen molar-refractivity contribution in [3.8, 4) is 0 Å². The van der Waals surface area contributed by atoms with Crippen LogP contribution in [0.4, 0.5) is 9.18 Å². The Labute approximate surface area is 139 Å². The summed E-state index contributed by atoms with van der Waals surface area (Å²) >= 11 is 0. The molecule has 0 bridgehead atoms. The zero-order valence-corrected chi connectivity index (χ0v) is 13.3. The first-order valence-corrected chi connectivity index (χ1v) is 7.52. The Morgan fingerprint density at radius 1 is 0.958 bits per heavy atom. The van der Waals surface area contributed by atoms with Gasteiger partial charge in [0.15, 0.2) is 0 Å². The molecule has 0 atom stereocenters. The fourth-order valence-electron chi connectivity index (χ4n) is 2.09. The Morgan fingerprint density at radius 3 is 2.21 bits per heavy atom.